The summed E-state index contributed by atoms with van der Waals surface area (Å²) in [6.45, 7) is 2.01. The van der Waals surface area contributed by atoms with Crippen molar-refractivity contribution in [2.24, 2.45) is 0 Å². The van der Waals surface area contributed by atoms with E-state index in [1.165, 1.54) is 33.0 Å². The van der Waals surface area contributed by atoms with Crippen molar-refractivity contribution in [3.05, 3.63) is 206 Å². The maximum Gasteiger partial charge on any atom is 0.0695 e. The second-order valence-corrected chi connectivity index (χ2v) is 9.76. The summed E-state index contributed by atoms with van der Waals surface area (Å²) in [6.07, 6.45) is 33.8. The van der Waals surface area contributed by atoms with Gasteiger partial charge >= 0.3 is 0 Å². The molecule has 4 aromatic rings. The Labute approximate surface area is 251 Å². The number of fused-ring (bicyclic) bond motifs is 1. The Morgan fingerprint density at radius 1 is 0.571 bits per heavy atom. The molecule has 42 heavy (non-hydrogen) atoms. The summed E-state index contributed by atoms with van der Waals surface area (Å²) >= 11 is 0. The molecule has 5 rings (SSSR count). The first-order valence-corrected chi connectivity index (χ1v) is 14.5. The predicted molar refractivity (Wildman–Crippen MR) is 184 cm³/mol. The lowest BCUT2D eigenvalue weighted by atomic mass is 9.98. The minimum atomic E-state index is 0.128. The van der Waals surface area contributed by atoms with E-state index in [1.807, 2.05) is 86.0 Å². The van der Waals surface area contributed by atoms with E-state index in [0.717, 1.165) is 6.42 Å². The molecule has 208 valence electrons. The Balaban J connectivity index is 0.000000244. The Morgan fingerprint density at radius 3 is 1.98 bits per heavy atom. The highest BCUT2D eigenvalue weighted by atomic mass is 14.9. The van der Waals surface area contributed by atoms with E-state index in [4.69, 9.17) is 0 Å². The van der Waals surface area contributed by atoms with Gasteiger partial charge in [-0.05, 0) is 64.7 Å². The Kier molecular flexibility index (Phi) is 12.5. The van der Waals surface area contributed by atoms with Crippen LogP contribution in [0.2, 0.25) is 0 Å². The first-order valence-electron chi connectivity index (χ1n) is 14.5. The van der Waals surface area contributed by atoms with Crippen LogP contribution < -0.4 is 5.32 Å². The molecule has 1 atom stereocenters. The van der Waals surface area contributed by atoms with Crippen LogP contribution in [-0.2, 0) is 6.42 Å². The summed E-state index contributed by atoms with van der Waals surface area (Å²) in [5.74, 6) is 0. The van der Waals surface area contributed by atoms with Gasteiger partial charge in [0.05, 0.1) is 6.04 Å². The second kappa shape index (κ2) is 17.5. The first kappa shape index (κ1) is 29.8. The fourth-order valence-corrected chi connectivity index (χ4v) is 4.43. The van der Waals surface area contributed by atoms with Gasteiger partial charge in [-0.1, -0.05) is 176 Å². The first-order chi connectivity index (χ1) is 20.8. The van der Waals surface area contributed by atoms with Crippen molar-refractivity contribution in [3.63, 3.8) is 0 Å². The van der Waals surface area contributed by atoms with E-state index in [0.29, 0.717) is 0 Å². The Bertz CT molecular complexity index is 1610. The van der Waals surface area contributed by atoms with Crippen LogP contribution >= 0.6 is 0 Å². The number of benzene rings is 4. The monoisotopic (exact) mass is 545 g/mol. The zero-order chi connectivity index (χ0) is 29.1. The molecule has 1 aliphatic heterocycles. The van der Waals surface area contributed by atoms with E-state index in [1.54, 1.807) is 0 Å². The van der Waals surface area contributed by atoms with Crippen LogP contribution in [0.5, 0.6) is 0 Å². The molecule has 1 nitrogen and oxygen atoms in total. The molecular formula is C41H39N. The summed E-state index contributed by atoms with van der Waals surface area (Å²) in [5, 5.41) is 6.00. The molecule has 1 heterocycles. The van der Waals surface area contributed by atoms with Gasteiger partial charge in [0.1, 0.15) is 0 Å². The number of hydrogen-bond acceptors (Lipinski definition) is 1. The molecule has 1 unspecified atom stereocenters. The number of nitrogens with one attached hydrogen (secondary N) is 1. The van der Waals surface area contributed by atoms with Crippen LogP contribution in [-0.4, -0.2) is 0 Å². The fraction of sp³-hybridized carbons (Fsp3) is 0.0732. The van der Waals surface area contributed by atoms with Crippen molar-refractivity contribution in [1.82, 2.24) is 5.32 Å². The quantitative estimate of drug-likeness (QED) is 0.238. The molecular weight excluding hydrogens is 506 g/mol. The van der Waals surface area contributed by atoms with Crippen molar-refractivity contribution in [3.8, 4) is 11.1 Å². The summed E-state index contributed by atoms with van der Waals surface area (Å²) in [4.78, 5) is 0. The lowest BCUT2D eigenvalue weighted by Gasteiger charge is -2.14. The maximum atomic E-state index is 3.46. The minimum Gasteiger partial charge on any atom is -0.381 e. The third kappa shape index (κ3) is 10.1. The van der Waals surface area contributed by atoms with Crippen LogP contribution in [0.15, 0.2) is 194 Å². The van der Waals surface area contributed by atoms with E-state index < -0.39 is 0 Å². The van der Waals surface area contributed by atoms with Crippen molar-refractivity contribution in [2.75, 3.05) is 0 Å². The molecule has 1 heteroatoms. The summed E-state index contributed by atoms with van der Waals surface area (Å²) in [6, 6.07) is 34.5. The fourth-order valence-electron chi connectivity index (χ4n) is 4.43. The molecule has 0 aromatic heterocycles. The number of rotatable bonds is 6. The highest BCUT2D eigenvalue weighted by Gasteiger charge is 2.06. The van der Waals surface area contributed by atoms with E-state index in [9.17, 15) is 0 Å². The molecule has 0 bridgehead atoms. The molecule has 1 aliphatic rings. The van der Waals surface area contributed by atoms with Crippen molar-refractivity contribution in [1.29, 1.82) is 0 Å². The summed E-state index contributed by atoms with van der Waals surface area (Å²) in [5.41, 5.74) is 5.06. The minimum absolute atomic E-state index is 0.128. The molecule has 0 radical (unpaired) electrons. The molecule has 0 amide bonds. The predicted octanol–water partition coefficient (Wildman–Crippen LogP) is 10.8. The van der Waals surface area contributed by atoms with Gasteiger partial charge in [-0.25, -0.2) is 0 Å². The van der Waals surface area contributed by atoms with Gasteiger partial charge in [0.2, 0.25) is 0 Å². The average Bonchev–Trinajstić information content (AvgIpc) is 3.04. The van der Waals surface area contributed by atoms with Crippen molar-refractivity contribution in [2.45, 2.75) is 19.4 Å². The van der Waals surface area contributed by atoms with Crippen LogP contribution in [0.25, 0.3) is 21.9 Å². The number of allylic oxidation sites excluding steroid dienone is 14. The van der Waals surface area contributed by atoms with Gasteiger partial charge in [-0.2, -0.15) is 0 Å². The highest BCUT2D eigenvalue weighted by Crippen LogP contribution is 2.26. The standard InChI is InChI=1S/C27H23N.C14H16/c1-2-4-6-10-20-28-27(13-7-5-3-1)24-17-14-23(15-18-24)26-19-16-22-11-8-9-12-25(22)21-26;1-2-3-4-5-6-8-11-14-12-9-7-10-13-14/h1-21,27-28H;2-10,12-13H,11H2,1H3/b2-1-,5-3+,6-4-,13-7+,20-10-;3-2+,5-4-,8-6-. The molecule has 0 saturated carbocycles. The summed E-state index contributed by atoms with van der Waals surface area (Å²) < 4.78 is 0. The third-order valence-corrected chi connectivity index (χ3v) is 6.66. The molecule has 0 aliphatic carbocycles. The third-order valence-electron chi connectivity index (χ3n) is 6.66. The smallest absolute Gasteiger partial charge is 0.0695 e. The van der Waals surface area contributed by atoms with E-state index in [2.05, 4.69) is 121 Å². The SMILES string of the molecule is C/C=C/C=C\C=C/Cc1ccccc1.C1=C\C=C/NC(c2ccc(-c3ccc4ccccc4c3)cc2)\C=C\C=C\C=C/1. The lowest BCUT2D eigenvalue weighted by Crippen LogP contribution is -2.12. The maximum absolute atomic E-state index is 3.46. The van der Waals surface area contributed by atoms with Crippen molar-refractivity contribution < 1.29 is 0 Å². The van der Waals surface area contributed by atoms with Crippen LogP contribution in [0.1, 0.15) is 24.1 Å². The Morgan fingerprint density at radius 2 is 1.21 bits per heavy atom. The van der Waals surface area contributed by atoms with Gasteiger partial charge in [0, 0.05) is 0 Å². The average molecular weight is 546 g/mol. The second-order valence-electron chi connectivity index (χ2n) is 9.76. The van der Waals surface area contributed by atoms with Gasteiger partial charge in [0.25, 0.3) is 0 Å². The van der Waals surface area contributed by atoms with Gasteiger partial charge in [-0.15, -0.1) is 0 Å². The van der Waals surface area contributed by atoms with Crippen LogP contribution in [0.4, 0.5) is 0 Å². The zero-order valence-corrected chi connectivity index (χ0v) is 24.3. The van der Waals surface area contributed by atoms with Crippen LogP contribution in [0, 0.1) is 0 Å². The molecule has 0 fully saturated rings. The van der Waals surface area contributed by atoms with Gasteiger partial charge < -0.3 is 5.32 Å². The normalized spacial score (nSPS) is 18.8. The molecule has 1 N–H and O–H groups in total. The largest absolute Gasteiger partial charge is 0.381 e. The van der Waals surface area contributed by atoms with Crippen LogP contribution in [0.3, 0.4) is 0 Å². The molecule has 0 spiro atoms. The van der Waals surface area contributed by atoms with Gasteiger partial charge in [0.15, 0.2) is 0 Å². The Hall–Kier alpha value is -5.14. The zero-order valence-electron chi connectivity index (χ0n) is 24.3. The van der Waals surface area contributed by atoms with Gasteiger partial charge in [-0.3, -0.25) is 0 Å². The summed E-state index contributed by atoms with van der Waals surface area (Å²) in [7, 11) is 0. The lowest BCUT2D eigenvalue weighted by molar-refractivity contribution is 0.755. The molecule has 0 saturated heterocycles. The number of hydrogen-bond donors (Lipinski definition) is 1. The topological polar surface area (TPSA) is 12.0 Å². The highest BCUT2D eigenvalue weighted by molar-refractivity contribution is 5.87. The van der Waals surface area contributed by atoms with Crippen molar-refractivity contribution >= 4 is 10.8 Å². The van der Waals surface area contributed by atoms with E-state index >= 15 is 0 Å². The molecule has 4 aromatic carbocycles. The van der Waals surface area contributed by atoms with E-state index in [-0.39, 0.29) is 6.04 Å².